The standard InChI is InChI=1S/C15H21N7O2/c1-20(2)13-6-7-14(18-17-13)24-11-5-4-8-22(9-11)15(23)12-10-21(3)19-16-12/h6-7,10-11H,4-5,8-9H2,1-3H3. The molecular formula is C15H21N7O2. The fraction of sp³-hybridized carbons (Fsp3) is 0.533. The van der Waals surface area contributed by atoms with E-state index in [9.17, 15) is 4.79 Å². The molecule has 3 rings (SSSR count). The summed E-state index contributed by atoms with van der Waals surface area (Å²) in [5, 5.41) is 15.9. The highest BCUT2D eigenvalue weighted by atomic mass is 16.5. The van der Waals surface area contributed by atoms with E-state index < -0.39 is 0 Å². The summed E-state index contributed by atoms with van der Waals surface area (Å²) in [7, 11) is 5.55. The minimum absolute atomic E-state index is 0.0983. The van der Waals surface area contributed by atoms with Gasteiger partial charge >= 0.3 is 0 Å². The Morgan fingerprint density at radius 2 is 2.12 bits per heavy atom. The summed E-state index contributed by atoms with van der Waals surface area (Å²) >= 11 is 0. The van der Waals surface area contributed by atoms with Gasteiger partial charge in [0, 0.05) is 33.8 Å². The first-order valence-electron chi connectivity index (χ1n) is 7.86. The van der Waals surface area contributed by atoms with Crippen molar-refractivity contribution in [1.29, 1.82) is 0 Å². The molecule has 1 unspecified atom stereocenters. The second-order valence-corrected chi connectivity index (χ2v) is 6.03. The van der Waals surface area contributed by atoms with E-state index in [4.69, 9.17) is 4.74 Å². The van der Waals surface area contributed by atoms with Crippen molar-refractivity contribution in [3.05, 3.63) is 24.0 Å². The third-order valence-corrected chi connectivity index (χ3v) is 3.86. The second-order valence-electron chi connectivity index (χ2n) is 6.03. The molecule has 0 aliphatic carbocycles. The summed E-state index contributed by atoms with van der Waals surface area (Å²) in [5.41, 5.74) is 0.355. The van der Waals surface area contributed by atoms with Crippen LogP contribution in [0.1, 0.15) is 23.3 Å². The van der Waals surface area contributed by atoms with Gasteiger partial charge in [0.25, 0.3) is 5.91 Å². The summed E-state index contributed by atoms with van der Waals surface area (Å²) in [6.45, 7) is 1.20. The van der Waals surface area contributed by atoms with Gasteiger partial charge in [0.15, 0.2) is 11.5 Å². The third kappa shape index (κ3) is 3.61. The maximum absolute atomic E-state index is 12.5. The fourth-order valence-corrected chi connectivity index (χ4v) is 2.61. The molecule has 1 aliphatic heterocycles. The summed E-state index contributed by atoms with van der Waals surface area (Å²) in [5.74, 6) is 1.12. The average Bonchev–Trinajstić information content (AvgIpc) is 3.01. The first kappa shape index (κ1) is 16.2. The predicted octanol–water partition coefficient (Wildman–Crippen LogP) is 0.355. The van der Waals surface area contributed by atoms with Crippen LogP contribution in [0.5, 0.6) is 5.88 Å². The zero-order chi connectivity index (χ0) is 17.1. The van der Waals surface area contributed by atoms with Gasteiger partial charge in [-0.1, -0.05) is 5.21 Å². The fourth-order valence-electron chi connectivity index (χ4n) is 2.61. The molecule has 0 bridgehead atoms. The van der Waals surface area contributed by atoms with Gasteiger partial charge in [0.2, 0.25) is 5.88 Å². The van der Waals surface area contributed by atoms with E-state index in [2.05, 4.69) is 20.5 Å². The summed E-state index contributed by atoms with van der Waals surface area (Å²) in [4.78, 5) is 16.1. The number of hydrogen-bond acceptors (Lipinski definition) is 7. The number of piperidine rings is 1. The zero-order valence-electron chi connectivity index (χ0n) is 14.1. The lowest BCUT2D eigenvalue weighted by Gasteiger charge is -2.32. The number of aryl methyl sites for hydroxylation is 1. The molecule has 1 fully saturated rings. The topological polar surface area (TPSA) is 89.3 Å². The molecule has 0 saturated carbocycles. The molecule has 0 aromatic carbocycles. The molecule has 9 nitrogen and oxygen atoms in total. The third-order valence-electron chi connectivity index (χ3n) is 3.86. The predicted molar refractivity (Wildman–Crippen MR) is 86.9 cm³/mol. The maximum Gasteiger partial charge on any atom is 0.276 e. The Bertz CT molecular complexity index is 698. The van der Waals surface area contributed by atoms with Crippen molar-refractivity contribution in [1.82, 2.24) is 30.1 Å². The Kier molecular flexibility index (Phi) is 4.59. The highest BCUT2D eigenvalue weighted by molar-refractivity contribution is 5.92. The van der Waals surface area contributed by atoms with Crippen LogP contribution in [0.25, 0.3) is 0 Å². The van der Waals surface area contributed by atoms with Gasteiger partial charge in [-0.2, -0.15) is 0 Å². The van der Waals surface area contributed by atoms with Crippen LogP contribution < -0.4 is 9.64 Å². The van der Waals surface area contributed by atoms with E-state index in [0.717, 1.165) is 18.7 Å². The molecule has 1 saturated heterocycles. The Balaban J connectivity index is 1.62. The van der Waals surface area contributed by atoms with Gasteiger partial charge in [0.1, 0.15) is 6.10 Å². The SMILES string of the molecule is CN(C)c1ccc(OC2CCCN(C(=O)c3cn(C)nn3)C2)nn1. The monoisotopic (exact) mass is 331 g/mol. The number of amides is 1. The summed E-state index contributed by atoms with van der Waals surface area (Å²) < 4.78 is 7.41. The van der Waals surface area contributed by atoms with Crippen molar-refractivity contribution in [2.24, 2.45) is 7.05 Å². The van der Waals surface area contributed by atoms with Crippen LogP contribution in [-0.4, -0.2) is 69.3 Å². The Labute approximate surface area is 140 Å². The van der Waals surface area contributed by atoms with Crippen LogP contribution in [0.2, 0.25) is 0 Å². The number of aromatic nitrogens is 5. The number of anilines is 1. The molecule has 2 aromatic heterocycles. The number of carbonyl (C=O) groups is 1. The molecule has 3 heterocycles. The van der Waals surface area contributed by atoms with Crippen molar-refractivity contribution in [3.63, 3.8) is 0 Å². The van der Waals surface area contributed by atoms with Crippen molar-refractivity contribution in [2.45, 2.75) is 18.9 Å². The summed E-state index contributed by atoms with van der Waals surface area (Å²) in [6.07, 6.45) is 3.28. The lowest BCUT2D eigenvalue weighted by atomic mass is 10.1. The van der Waals surface area contributed by atoms with E-state index in [-0.39, 0.29) is 12.0 Å². The van der Waals surface area contributed by atoms with Gasteiger partial charge in [0.05, 0.1) is 12.7 Å². The molecule has 1 aliphatic rings. The number of ether oxygens (including phenoxy) is 1. The zero-order valence-corrected chi connectivity index (χ0v) is 14.1. The van der Waals surface area contributed by atoms with E-state index in [1.807, 2.05) is 25.1 Å². The quantitative estimate of drug-likeness (QED) is 0.799. The normalized spacial score (nSPS) is 17.6. The van der Waals surface area contributed by atoms with E-state index in [1.54, 1.807) is 24.2 Å². The van der Waals surface area contributed by atoms with Crippen LogP contribution in [0.4, 0.5) is 5.82 Å². The molecule has 1 atom stereocenters. The molecule has 2 aromatic rings. The molecular weight excluding hydrogens is 310 g/mol. The van der Waals surface area contributed by atoms with Crippen LogP contribution in [0.15, 0.2) is 18.3 Å². The van der Waals surface area contributed by atoms with Crippen molar-refractivity contribution in [2.75, 3.05) is 32.1 Å². The van der Waals surface area contributed by atoms with E-state index in [1.165, 1.54) is 4.68 Å². The lowest BCUT2D eigenvalue weighted by Crippen LogP contribution is -2.44. The number of carbonyl (C=O) groups excluding carboxylic acids is 1. The molecule has 0 N–H and O–H groups in total. The minimum atomic E-state index is -0.120. The van der Waals surface area contributed by atoms with Gasteiger partial charge in [-0.15, -0.1) is 15.3 Å². The smallest absolute Gasteiger partial charge is 0.276 e. The summed E-state index contributed by atoms with van der Waals surface area (Å²) in [6, 6.07) is 3.65. The Hall–Kier alpha value is -2.71. The Morgan fingerprint density at radius 3 is 2.75 bits per heavy atom. The van der Waals surface area contributed by atoms with E-state index >= 15 is 0 Å². The van der Waals surface area contributed by atoms with Crippen LogP contribution >= 0.6 is 0 Å². The van der Waals surface area contributed by atoms with E-state index in [0.29, 0.717) is 24.7 Å². The van der Waals surface area contributed by atoms with Gasteiger partial charge in [-0.3, -0.25) is 9.48 Å². The molecule has 0 radical (unpaired) electrons. The number of likely N-dealkylation sites (tertiary alicyclic amines) is 1. The van der Waals surface area contributed by atoms with Gasteiger partial charge in [-0.25, -0.2) is 0 Å². The number of hydrogen-bond donors (Lipinski definition) is 0. The molecule has 0 spiro atoms. The lowest BCUT2D eigenvalue weighted by molar-refractivity contribution is 0.0520. The van der Waals surface area contributed by atoms with Crippen molar-refractivity contribution >= 4 is 11.7 Å². The number of nitrogens with zero attached hydrogens (tertiary/aromatic N) is 7. The second kappa shape index (κ2) is 6.81. The number of rotatable bonds is 4. The van der Waals surface area contributed by atoms with Crippen molar-refractivity contribution < 1.29 is 9.53 Å². The minimum Gasteiger partial charge on any atom is -0.471 e. The first-order valence-corrected chi connectivity index (χ1v) is 7.86. The van der Waals surface area contributed by atoms with Crippen molar-refractivity contribution in [3.8, 4) is 5.88 Å². The Morgan fingerprint density at radius 1 is 1.29 bits per heavy atom. The average molecular weight is 331 g/mol. The first-order chi connectivity index (χ1) is 11.5. The maximum atomic E-state index is 12.5. The largest absolute Gasteiger partial charge is 0.471 e. The van der Waals surface area contributed by atoms with Gasteiger partial charge in [-0.05, 0) is 18.9 Å². The molecule has 24 heavy (non-hydrogen) atoms. The van der Waals surface area contributed by atoms with Crippen LogP contribution in [-0.2, 0) is 7.05 Å². The molecule has 128 valence electrons. The van der Waals surface area contributed by atoms with Gasteiger partial charge < -0.3 is 14.5 Å². The van der Waals surface area contributed by atoms with Crippen LogP contribution in [0.3, 0.4) is 0 Å². The highest BCUT2D eigenvalue weighted by Crippen LogP contribution is 2.18. The van der Waals surface area contributed by atoms with Crippen LogP contribution in [0, 0.1) is 0 Å². The molecule has 9 heteroatoms. The highest BCUT2D eigenvalue weighted by Gasteiger charge is 2.27. The molecule has 1 amide bonds.